The SMILES string of the molecule is C=C(C)CC[SiH2]C(c1ccccc1)(c1ccccc1)n1ccnc1.[B]C(c1ccccc1)c1ccccc1. The second kappa shape index (κ2) is 13.6. The highest BCUT2D eigenvalue weighted by atomic mass is 28.2. The van der Waals surface area contributed by atoms with Crippen LogP contribution in [-0.4, -0.2) is 26.9 Å². The van der Waals surface area contributed by atoms with E-state index in [9.17, 15) is 0 Å². The number of rotatable bonds is 9. The zero-order valence-electron chi connectivity index (χ0n) is 22.2. The molecule has 0 fully saturated rings. The van der Waals surface area contributed by atoms with Gasteiger partial charge in [0.1, 0.15) is 0 Å². The van der Waals surface area contributed by atoms with Crippen LogP contribution in [0.2, 0.25) is 6.04 Å². The molecule has 0 atom stereocenters. The van der Waals surface area contributed by atoms with E-state index >= 15 is 0 Å². The molecular formula is C34H35BN2Si. The molecule has 5 aromatic rings. The van der Waals surface area contributed by atoms with Gasteiger partial charge in [-0.2, -0.15) is 0 Å². The molecule has 2 radical (unpaired) electrons. The summed E-state index contributed by atoms with van der Waals surface area (Å²) < 4.78 is 2.31. The summed E-state index contributed by atoms with van der Waals surface area (Å²) in [5.41, 5.74) is 6.27. The van der Waals surface area contributed by atoms with Gasteiger partial charge in [0.25, 0.3) is 0 Å². The van der Waals surface area contributed by atoms with E-state index in [2.05, 4.69) is 114 Å². The fourth-order valence-corrected chi connectivity index (χ4v) is 7.74. The van der Waals surface area contributed by atoms with Crippen LogP contribution >= 0.6 is 0 Å². The molecule has 0 bridgehead atoms. The van der Waals surface area contributed by atoms with Gasteiger partial charge in [0.2, 0.25) is 0 Å². The minimum absolute atomic E-state index is 0.0163. The largest absolute Gasteiger partial charge is 0.327 e. The second-order valence-corrected chi connectivity index (χ2v) is 11.9. The number of hydrogen-bond acceptors (Lipinski definition) is 1. The monoisotopic (exact) mass is 510 g/mol. The average molecular weight is 511 g/mol. The van der Waals surface area contributed by atoms with E-state index in [1.165, 1.54) is 22.7 Å². The van der Waals surface area contributed by atoms with Gasteiger partial charge in [-0.05, 0) is 41.4 Å². The molecule has 1 aromatic heterocycles. The molecule has 1 heterocycles. The van der Waals surface area contributed by atoms with Crippen molar-refractivity contribution in [3.8, 4) is 0 Å². The molecule has 4 aromatic carbocycles. The minimum Gasteiger partial charge on any atom is -0.327 e. The Balaban J connectivity index is 0.000000204. The Morgan fingerprint density at radius 2 is 1.24 bits per heavy atom. The Morgan fingerprint density at radius 3 is 1.63 bits per heavy atom. The first kappa shape index (κ1) is 27.2. The maximum Gasteiger partial charge on any atom is 0.0953 e. The van der Waals surface area contributed by atoms with E-state index in [0.717, 1.165) is 17.5 Å². The number of imidazole rings is 1. The van der Waals surface area contributed by atoms with E-state index in [0.29, 0.717) is 0 Å². The lowest BCUT2D eigenvalue weighted by molar-refractivity contribution is 0.590. The van der Waals surface area contributed by atoms with Crippen molar-refractivity contribution >= 4 is 17.4 Å². The third-order valence-corrected chi connectivity index (χ3v) is 9.52. The summed E-state index contributed by atoms with van der Waals surface area (Å²) >= 11 is 0. The topological polar surface area (TPSA) is 17.8 Å². The fourth-order valence-electron chi connectivity index (χ4n) is 4.95. The van der Waals surface area contributed by atoms with Crippen molar-refractivity contribution < 1.29 is 0 Å². The first-order valence-electron chi connectivity index (χ1n) is 13.2. The highest BCUT2D eigenvalue weighted by Gasteiger charge is 2.35. The molecule has 0 unspecified atom stereocenters. The van der Waals surface area contributed by atoms with Crippen LogP contribution in [0.4, 0.5) is 0 Å². The summed E-state index contributed by atoms with van der Waals surface area (Å²) in [6.45, 7) is 6.21. The van der Waals surface area contributed by atoms with E-state index in [-0.39, 0.29) is 11.0 Å². The summed E-state index contributed by atoms with van der Waals surface area (Å²) in [5.74, 6) is -0.0163. The van der Waals surface area contributed by atoms with Gasteiger partial charge in [-0.1, -0.05) is 133 Å². The molecule has 0 spiro atoms. The zero-order valence-corrected chi connectivity index (χ0v) is 23.6. The summed E-state index contributed by atoms with van der Waals surface area (Å²) in [7, 11) is 5.59. The number of allylic oxidation sites excluding steroid dienone is 1. The predicted octanol–water partition coefficient (Wildman–Crippen LogP) is 7.13. The van der Waals surface area contributed by atoms with Crippen LogP contribution in [0.15, 0.2) is 152 Å². The summed E-state index contributed by atoms with van der Waals surface area (Å²) in [5, 5.41) is -0.103. The van der Waals surface area contributed by atoms with Gasteiger partial charge < -0.3 is 4.57 Å². The van der Waals surface area contributed by atoms with Gasteiger partial charge in [-0.15, -0.1) is 6.58 Å². The Kier molecular flexibility index (Phi) is 9.72. The Hall–Kier alpha value is -3.89. The van der Waals surface area contributed by atoms with Crippen LogP contribution in [0.25, 0.3) is 0 Å². The lowest BCUT2D eigenvalue weighted by atomic mass is 9.76. The third-order valence-electron chi connectivity index (χ3n) is 6.91. The predicted molar refractivity (Wildman–Crippen MR) is 165 cm³/mol. The molecule has 0 aliphatic rings. The number of nitrogens with zero attached hydrogens (tertiary/aromatic N) is 2. The lowest BCUT2D eigenvalue weighted by Crippen LogP contribution is -2.41. The molecule has 0 saturated carbocycles. The van der Waals surface area contributed by atoms with Gasteiger partial charge in [0, 0.05) is 12.4 Å². The number of benzene rings is 4. The maximum absolute atomic E-state index is 6.12. The van der Waals surface area contributed by atoms with Crippen LogP contribution in [-0.2, 0) is 5.16 Å². The molecule has 0 aliphatic heterocycles. The van der Waals surface area contributed by atoms with Crippen molar-refractivity contribution in [1.29, 1.82) is 0 Å². The normalized spacial score (nSPS) is 11.3. The van der Waals surface area contributed by atoms with Crippen LogP contribution in [0.3, 0.4) is 0 Å². The lowest BCUT2D eigenvalue weighted by Gasteiger charge is -2.37. The van der Waals surface area contributed by atoms with Crippen molar-refractivity contribution in [1.82, 2.24) is 9.55 Å². The Labute approximate surface area is 231 Å². The van der Waals surface area contributed by atoms with E-state index in [4.69, 9.17) is 7.85 Å². The summed E-state index contributed by atoms with van der Waals surface area (Å²) in [4.78, 5) is 4.35. The van der Waals surface area contributed by atoms with Crippen molar-refractivity contribution in [3.63, 3.8) is 0 Å². The van der Waals surface area contributed by atoms with Crippen molar-refractivity contribution in [2.24, 2.45) is 0 Å². The maximum atomic E-state index is 6.12. The second-order valence-electron chi connectivity index (χ2n) is 9.67. The molecule has 0 amide bonds. The van der Waals surface area contributed by atoms with Gasteiger partial charge in [0.15, 0.2) is 0 Å². The van der Waals surface area contributed by atoms with E-state index < -0.39 is 9.52 Å². The van der Waals surface area contributed by atoms with Crippen LogP contribution in [0.1, 0.15) is 41.4 Å². The fraction of sp³-hybridized carbons (Fsp3) is 0.147. The van der Waals surface area contributed by atoms with Crippen LogP contribution in [0.5, 0.6) is 0 Å². The standard InChI is InChI=1S/C21H24N2Si.C13H11B/c1-18(2)13-16-24-21(23-15-14-22-17-23,19-9-5-3-6-10-19)20-11-7-4-8-12-20;14-13(11-7-3-1-4-8-11)12-9-5-2-6-10-12/h3-12,14-15,17H,1,13,16,24H2,2H3;1-10,13H. The molecule has 0 saturated heterocycles. The molecule has 188 valence electrons. The highest BCUT2D eigenvalue weighted by molar-refractivity contribution is 6.41. The molecule has 2 nitrogen and oxygen atoms in total. The molecular weight excluding hydrogens is 475 g/mol. The minimum atomic E-state index is -0.528. The van der Waals surface area contributed by atoms with E-state index in [1.807, 2.05) is 48.9 Å². The smallest absolute Gasteiger partial charge is 0.0953 e. The zero-order chi connectivity index (χ0) is 26.6. The van der Waals surface area contributed by atoms with Crippen molar-refractivity contribution in [2.75, 3.05) is 0 Å². The van der Waals surface area contributed by atoms with E-state index in [1.54, 1.807) is 0 Å². The number of hydrogen-bond donors (Lipinski definition) is 0. The van der Waals surface area contributed by atoms with Crippen LogP contribution < -0.4 is 0 Å². The van der Waals surface area contributed by atoms with Gasteiger partial charge in [-0.3, -0.25) is 0 Å². The van der Waals surface area contributed by atoms with Crippen LogP contribution in [0, 0.1) is 0 Å². The first-order valence-corrected chi connectivity index (χ1v) is 14.9. The summed E-state index contributed by atoms with van der Waals surface area (Å²) in [6.07, 6.45) is 7.05. The van der Waals surface area contributed by atoms with Gasteiger partial charge >= 0.3 is 0 Å². The average Bonchev–Trinajstić information content (AvgIpc) is 3.53. The third kappa shape index (κ3) is 6.70. The molecule has 0 N–H and O–H groups in total. The highest BCUT2D eigenvalue weighted by Crippen LogP contribution is 2.34. The first-order chi connectivity index (χ1) is 18.6. The number of aromatic nitrogens is 2. The quantitative estimate of drug-likeness (QED) is 0.152. The molecule has 5 rings (SSSR count). The molecule has 4 heteroatoms. The van der Waals surface area contributed by atoms with Crippen molar-refractivity contribution in [2.45, 2.75) is 30.4 Å². The summed E-state index contributed by atoms with van der Waals surface area (Å²) in [6, 6.07) is 43.2. The Morgan fingerprint density at radius 1 is 0.789 bits per heavy atom. The molecule has 38 heavy (non-hydrogen) atoms. The molecule has 0 aliphatic carbocycles. The van der Waals surface area contributed by atoms with Gasteiger partial charge in [0.05, 0.1) is 28.9 Å². The van der Waals surface area contributed by atoms with Gasteiger partial charge in [-0.25, -0.2) is 4.98 Å². The Bertz CT molecular complexity index is 1280. The van der Waals surface area contributed by atoms with Crippen molar-refractivity contribution in [3.05, 3.63) is 174 Å².